The number of carbonyl (C=O) groups excluding carboxylic acids is 1. The largest absolute Gasteiger partial charge is 0.378 e. The van der Waals surface area contributed by atoms with Crippen LogP contribution in [0.25, 0.3) is 0 Å². The molecular weight excluding hydrogens is 372 g/mol. The van der Waals surface area contributed by atoms with Crippen molar-refractivity contribution in [1.29, 1.82) is 0 Å². The molecule has 1 heterocycles. The van der Waals surface area contributed by atoms with E-state index in [1.165, 1.54) is 16.9 Å². The van der Waals surface area contributed by atoms with Crippen LogP contribution in [0, 0.1) is 0 Å². The summed E-state index contributed by atoms with van der Waals surface area (Å²) in [5.74, 6) is 0.162. The van der Waals surface area contributed by atoms with Gasteiger partial charge in [0.2, 0.25) is 5.91 Å². The second-order valence-corrected chi connectivity index (χ2v) is 8.27. The van der Waals surface area contributed by atoms with Crippen molar-refractivity contribution in [1.82, 2.24) is 10.2 Å². The highest BCUT2D eigenvalue weighted by molar-refractivity contribution is 5.75. The zero-order valence-electron chi connectivity index (χ0n) is 18.7. The summed E-state index contributed by atoms with van der Waals surface area (Å²) in [5.41, 5.74) is 3.75. The van der Waals surface area contributed by atoms with Crippen molar-refractivity contribution >= 4 is 17.3 Å². The third-order valence-electron chi connectivity index (χ3n) is 5.92. The molecule has 0 bridgehead atoms. The first-order valence-electron chi connectivity index (χ1n) is 11.2. The summed E-state index contributed by atoms with van der Waals surface area (Å²) in [5, 5.41) is 3.19. The highest BCUT2D eigenvalue weighted by atomic mass is 16.1. The summed E-state index contributed by atoms with van der Waals surface area (Å²) >= 11 is 0. The second kappa shape index (κ2) is 11.0. The van der Waals surface area contributed by atoms with Crippen molar-refractivity contribution in [2.75, 3.05) is 56.6 Å². The first kappa shape index (κ1) is 22.2. The van der Waals surface area contributed by atoms with Crippen LogP contribution in [-0.2, 0) is 4.79 Å². The molecule has 1 amide bonds. The van der Waals surface area contributed by atoms with Crippen LogP contribution in [0.15, 0.2) is 54.6 Å². The molecule has 2 aromatic rings. The number of carbonyl (C=O) groups is 1. The van der Waals surface area contributed by atoms with Gasteiger partial charge in [0, 0.05) is 64.6 Å². The lowest BCUT2D eigenvalue weighted by Gasteiger charge is -2.40. The van der Waals surface area contributed by atoms with E-state index in [1.807, 2.05) is 0 Å². The maximum atomic E-state index is 12.3. The van der Waals surface area contributed by atoms with E-state index < -0.39 is 0 Å². The lowest BCUT2D eigenvalue weighted by atomic mass is 10.0. The lowest BCUT2D eigenvalue weighted by molar-refractivity contribution is -0.121. The van der Waals surface area contributed by atoms with Gasteiger partial charge in [-0.1, -0.05) is 43.7 Å². The number of piperazine rings is 1. The minimum atomic E-state index is 0.162. The molecule has 0 spiro atoms. The number of para-hydroxylation sites is 1. The molecule has 0 aromatic heterocycles. The van der Waals surface area contributed by atoms with Gasteiger partial charge in [0.25, 0.3) is 0 Å². The molecule has 0 saturated carbocycles. The molecule has 1 atom stereocenters. The third-order valence-corrected chi connectivity index (χ3v) is 5.92. The Bertz CT molecular complexity index is 767. The summed E-state index contributed by atoms with van der Waals surface area (Å²) in [6, 6.07) is 19.6. The molecular formula is C25H36N4O. The molecule has 0 radical (unpaired) electrons. The number of amides is 1. The van der Waals surface area contributed by atoms with E-state index in [4.69, 9.17) is 0 Å². The van der Waals surface area contributed by atoms with Crippen LogP contribution < -0.4 is 15.1 Å². The van der Waals surface area contributed by atoms with Crippen LogP contribution in [0.2, 0.25) is 0 Å². The summed E-state index contributed by atoms with van der Waals surface area (Å²) in [6.45, 7) is 6.75. The van der Waals surface area contributed by atoms with Gasteiger partial charge in [-0.25, -0.2) is 0 Å². The number of unbranched alkanes of at least 4 members (excludes halogenated alkanes) is 1. The van der Waals surface area contributed by atoms with E-state index in [2.05, 4.69) is 95.6 Å². The van der Waals surface area contributed by atoms with Gasteiger partial charge in [0.15, 0.2) is 0 Å². The number of nitrogens with one attached hydrogen (secondary N) is 1. The van der Waals surface area contributed by atoms with Crippen molar-refractivity contribution in [2.24, 2.45) is 0 Å². The van der Waals surface area contributed by atoms with Crippen molar-refractivity contribution in [3.63, 3.8) is 0 Å². The van der Waals surface area contributed by atoms with E-state index in [0.29, 0.717) is 13.0 Å². The number of hydrogen-bond acceptors (Lipinski definition) is 4. The fourth-order valence-corrected chi connectivity index (χ4v) is 4.02. The summed E-state index contributed by atoms with van der Waals surface area (Å²) < 4.78 is 0. The normalized spacial score (nSPS) is 15.6. The highest BCUT2D eigenvalue weighted by Gasteiger charge is 2.25. The van der Waals surface area contributed by atoms with E-state index in [-0.39, 0.29) is 11.9 Å². The molecule has 30 heavy (non-hydrogen) atoms. The molecule has 1 N–H and O–H groups in total. The molecule has 1 aliphatic rings. The van der Waals surface area contributed by atoms with Crippen molar-refractivity contribution < 1.29 is 4.79 Å². The van der Waals surface area contributed by atoms with Crippen LogP contribution in [0.4, 0.5) is 11.4 Å². The van der Waals surface area contributed by atoms with E-state index in [1.54, 1.807) is 0 Å². The van der Waals surface area contributed by atoms with E-state index in [9.17, 15) is 4.79 Å². The van der Waals surface area contributed by atoms with Crippen LogP contribution in [0.3, 0.4) is 0 Å². The first-order valence-corrected chi connectivity index (χ1v) is 11.2. The van der Waals surface area contributed by atoms with Gasteiger partial charge in [-0.3, -0.25) is 9.69 Å². The van der Waals surface area contributed by atoms with Gasteiger partial charge in [-0.15, -0.1) is 0 Å². The first-order chi connectivity index (χ1) is 14.6. The van der Waals surface area contributed by atoms with Gasteiger partial charge in [0.1, 0.15) is 0 Å². The van der Waals surface area contributed by atoms with Gasteiger partial charge in [0.05, 0.1) is 6.04 Å². The van der Waals surface area contributed by atoms with Crippen LogP contribution >= 0.6 is 0 Å². The van der Waals surface area contributed by atoms with Crippen LogP contribution in [0.5, 0.6) is 0 Å². The SMILES string of the molecule is CCCCC(=O)NC[C@H](c1ccc(N(C)C)cc1)N1CCN(c2ccccc2)CC1. The van der Waals surface area contributed by atoms with Crippen molar-refractivity contribution in [2.45, 2.75) is 32.2 Å². The smallest absolute Gasteiger partial charge is 0.220 e. The van der Waals surface area contributed by atoms with Gasteiger partial charge in [-0.05, 0) is 36.2 Å². The summed E-state index contributed by atoms with van der Waals surface area (Å²) in [7, 11) is 4.12. The Kier molecular flexibility index (Phi) is 8.14. The number of hydrogen-bond donors (Lipinski definition) is 1. The highest BCUT2D eigenvalue weighted by Crippen LogP contribution is 2.25. The fraction of sp³-hybridized carbons (Fsp3) is 0.480. The number of anilines is 2. The van der Waals surface area contributed by atoms with E-state index in [0.717, 1.165) is 39.0 Å². The molecule has 5 nitrogen and oxygen atoms in total. The standard InChI is InChI=1S/C25H36N4O/c1-4-5-11-25(30)26-20-24(21-12-14-22(15-13-21)27(2)3)29-18-16-28(17-19-29)23-9-7-6-8-10-23/h6-10,12-15,24H,4-5,11,16-20H2,1-3H3,(H,26,30)/t24-/m1/s1. The van der Waals surface area contributed by atoms with Crippen molar-refractivity contribution in [3.05, 3.63) is 60.2 Å². The molecule has 2 aromatic carbocycles. The molecule has 1 fully saturated rings. The number of benzene rings is 2. The van der Waals surface area contributed by atoms with Gasteiger partial charge >= 0.3 is 0 Å². The average Bonchev–Trinajstić information content (AvgIpc) is 2.79. The second-order valence-electron chi connectivity index (χ2n) is 8.27. The van der Waals surface area contributed by atoms with E-state index >= 15 is 0 Å². The Morgan fingerprint density at radius 3 is 2.27 bits per heavy atom. The molecule has 3 rings (SSSR count). The summed E-state index contributed by atoms with van der Waals surface area (Å²) in [4.78, 5) is 19.3. The molecule has 0 unspecified atom stereocenters. The predicted octanol–water partition coefficient (Wildman–Crippen LogP) is 3.92. The number of rotatable bonds is 9. The Morgan fingerprint density at radius 1 is 1.00 bits per heavy atom. The summed E-state index contributed by atoms with van der Waals surface area (Å²) in [6.07, 6.45) is 2.61. The zero-order chi connectivity index (χ0) is 21.3. The average molecular weight is 409 g/mol. The fourth-order valence-electron chi connectivity index (χ4n) is 4.02. The monoisotopic (exact) mass is 408 g/mol. The molecule has 162 valence electrons. The Balaban J connectivity index is 1.68. The Morgan fingerprint density at radius 2 is 1.67 bits per heavy atom. The third kappa shape index (κ3) is 5.99. The van der Waals surface area contributed by atoms with Crippen LogP contribution in [0.1, 0.15) is 37.8 Å². The minimum Gasteiger partial charge on any atom is -0.378 e. The molecule has 0 aliphatic carbocycles. The Labute approximate surface area is 181 Å². The van der Waals surface area contributed by atoms with Gasteiger partial charge in [-0.2, -0.15) is 0 Å². The maximum Gasteiger partial charge on any atom is 0.220 e. The predicted molar refractivity (Wildman–Crippen MR) is 126 cm³/mol. The molecule has 5 heteroatoms. The topological polar surface area (TPSA) is 38.8 Å². The molecule has 1 aliphatic heterocycles. The lowest BCUT2D eigenvalue weighted by Crippen LogP contribution is -2.49. The Hall–Kier alpha value is -2.53. The van der Waals surface area contributed by atoms with Crippen LogP contribution in [-0.4, -0.2) is 57.6 Å². The molecule has 1 saturated heterocycles. The van der Waals surface area contributed by atoms with Gasteiger partial charge < -0.3 is 15.1 Å². The van der Waals surface area contributed by atoms with Crippen molar-refractivity contribution in [3.8, 4) is 0 Å². The maximum absolute atomic E-state index is 12.3. The minimum absolute atomic E-state index is 0.162. The zero-order valence-corrected chi connectivity index (χ0v) is 18.7. The quantitative estimate of drug-likeness (QED) is 0.683. The number of nitrogens with zero attached hydrogens (tertiary/aromatic N) is 3.